The van der Waals surface area contributed by atoms with Gasteiger partial charge in [-0.25, -0.2) is 9.37 Å². The number of pyridine rings is 1. The molecule has 3 heterocycles. The van der Waals surface area contributed by atoms with E-state index in [1.165, 1.54) is 22.8 Å². The third-order valence-corrected chi connectivity index (χ3v) is 5.86. The molecule has 0 spiro atoms. The molecule has 34 heavy (non-hydrogen) atoms. The van der Waals surface area contributed by atoms with Crippen molar-refractivity contribution in [1.82, 2.24) is 14.1 Å². The predicted molar refractivity (Wildman–Crippen MR) is 121 cm³/mol. The van der Waals surface area contributed by atoms with Gasteiger partial charge in [-0.15, -0.1) is 0 Å². The number of benzene rings is 2. The van der Waals surface area contributed by atoms with Crippen LogP contribution in [-0.4, -0.2) is 20.0 Å². The van der Waals surface area contributed by atoms with Crippen molar-refractivity contribution < 1.29 is 22.4 Å². The molecule has 3 aromatic heterocycles. The largest absolute Gasteiger partial charge is 0.417 e. The van der Waals surface area contributed by atoms with Gasteiger partial charge in [0.2, 0.25) is 0 Å². The first-order valence-corrected chi connectivity index (χ1v) is 10.3. The lowest BCUT2D eigenvalue weighted by atomic mass is 10.00. The van der Waals surface area contributed by atoms with Gasteiger partial charge in [-0.3, -0.25) is 4.79 Å². The van der Waals surface area contributed by atoms with E-state index in [4.69, 9.17) is 5.73 Å². The molecule has 0 unspecified atom stereocenters. The Morgan fingerprint density at radius 1 is 1.09 bits per heavy atom. The van der Waals surface area contributed by atoms with Gasteiger partial charge in [-0.2, -0.15) is 13.2 Å². The number of rotatable bonds is 4. The SMILES string of the molecule is Cn1ccc2cc(-c3c(C(N)=O)n(Cc4cccc(F)c4)c4ncc(C(F)(F)F)cc34)ccc21. The van der Waals surface area contributed by atoms with Crippen molar-refractivity contribution in [3.8, 4) is 11.1 Å². The number of amides is 1. The highest BCUT2D eigenvalue weighted by Gasteiger charge is 2.33. The Balaban J connectivity index is 1.84. The number of aromatic nitrogens is 3. The minimum Gasteiger partial charge on any atom is -0.364 e. The van der Waals surface area contributed by atoms with Crippen LogP contribution in [0.15, 0.2) is 67.0 Å². The number of nitrogens with zero attached hydrogens (tertiary/aromatic N) is 3. The molecule has 2 N–H and O–H groups in total. The molecule has 1 amide bonds. The number of hydrogen-bond donors (Lipinski definition) is 1. The van der Waals surface area contributed by atoms with Crippen LogP contribution < -0.4 is 5.73 Å². The summed E-state index contributed by atoms with van der Waals surface area (Å²) in [4.78, 5) is 16.7. The fraction of sp³-hybridized carbons (Fsp3) is 0.120. The highest BCUT2D eigenvalue weighted by atomic mass is 19.4. The molecule has 0 fully saturated rings. The van der Waals surface area contributed by atoms with Gasteiger partial charge in [-0.05, 0) is 47.5 Å². The summed E-state index contributed by atoms with van der Waals surface area (Å²) in [5.74, 6) is -1.30. The summed E-state index contributed by atoms with van der Waals surface area (Å²) in [6, 6.07) is 13.9. The molecule has 5 aromatic rings. The van der Waals surface area contributed by atoms with Crippen molar-refractivity contribution in [2.24, 2.45) is 12.8 Å². The van der Waals surface area contributed by atoms with E-state index < -0.39 is 23.5 Å². The molecular formula is C25H18F4N4O. The Kier molecular flexibility index (Phi) is 4.93. The molecule has 0 saturated heterocycles. The summed E-state index contributed by atoms with van der Waals surface area (Å²) in [6.45, 7) is -0.00151. The molecule has 0 aliphatic rings. The number of primary amides is 1. The highest BCUT2D eigenvalue weighted by molar-refractivity contribution is 6.10. The van der Waals surface area contributed by atoms with E-state index in [-0.39, 0.29) is 28.8 Å². The number of fused-ring (bicyclic) bond motifs is 2. The highest BCUT2D eigenvalue weighted by Crippen LogP contribution is 2.39. The van der Waals surface area contributed by atoms with E-state index in [0.717, 1.165) is 23.2 Å². The third-order valence-electron chi connectivity index (χ3n) is 5.86. The van der Waals surface area contributed by atoms with Crippen molar-refractivity contribution in [2.45, 2.75) is 12.7 Å². The van der Waals surface area contributed by atoms with E-state index in [0.29, 0.717) is 11.1 Å². The van der Waals surface area contributed by atoms with E-state index in [9.17, 15) is 22.4 Å². The van der Waals surface area contributed by atoms with Crippen LogP contribution in [0.5, 0.6) is 0 Å². The first-order chi connectivity index (χ1) is 16.1. The number of alkyl halides is 3. The molecule has 172 valence electrons. The molecule has 0 radical (unpaired) electrons. The summed E-state index contributed by atoms with van der Waals surface area (Å²) >= 11 is 0. The lowest BCUT2D eigenvalue weighted by Gasteiger charge is -2.10. The number of halogens is 4. The fourth-order valence-electron chi connectivity index (χ4n) is 4.34. The van der Waals surface area contributed by atoms with Gasteiger partial charge >= 0.3 is 6.18 Å². The second kappa shape index (κ2) is 7.72. The Labute approximate surface area is 191 Å². The first kappa shape index (κ1) is 21.7. The van der Waals surface area contributed by atoms with Crippen LogP contribution in [0.25, 0.3) is 33.1 Å². The maximum Gasteiger partial charge on any atom is 0.417 e. The zero-order valence-corrected chi connectivity index (χ0v) is 17.9. The average Bonchev–Trinajstić information content (AvgIpc) is 3.30. The van der Waals surface area contributed by atoms with Gasteiger partial charge in [-0.1, -0.05) is 18.2 Å². The number of carbonyl (C=O) groups is 1. The van der Waals surface area contributed by atoms with Crippen LogP contribution in [0, 0.1) is 5.82 Å². The molecule has 0 aliphatic carbocycles. The number of aryl methyl sites for hydroxylation is 1. The second-order valence-electron chi connectivity index (χ2n) is 8.10. The van der Waals surface area contributed by atoms with E-state index in [2.05, 4.69) is 4.98 Å². The van der Waals surface area contributed by atoms with Crippen LogP contribution in [-0.2, 0) is 19.8 Å². The molecule has 0 aliphatic heterocycles. The average molecular weight is 466 g/mol. The molecule has 0 bridgehead atoms. The molecule has 9 heteroatoms. The minimum absolute atomic E-state index is 0.00127. The summed E-state index contributed by atoms with van der Waals surface area (Å²) in [5, 5.41) is 0.983. The Morgan fingerprint density at radius 3 is 2.59 bits per heavy atom. The number of carbonyl (C=O) groups excluding carboxylic acids is 1. The van der Waals surface area contributed by atoms with E-state index in [1.807, 2.05) is 29.9 Å². The van der Waals surface area contributed by atoms with Gasteiger partial charge in [0.05, 0.1) is 5.56 Å². The van der Waals surface area contributed by atoms with Crippen molar-refractivity contribution in [3.63, 3.8) is 0 Å². The van der Waals surface area contributed by atoms with Gasteiger partial charge in [0, 0.05) is 47.8 Å². The normalized spacial score (nSPS) is 12.0. The molecule has 5 rings (SSSR count). The predicted octanol–water partition coefficient (Wildman–Crippen LogP) is 5.50. The number of nitrogens with two attached hydrogens (primary N) is 1. The van der Waals surface area contributed by atoms with Crippen molar-refractivity contribution in [1.29, 1.82) is 0 Å². The zero-order chi connectivity index (χ0) is 24.2. The Bertz CT molecular complexity index is 1580. The quantitative estimate of drug-likeness (QED) is 0.356. The minimum atomic E-state index is -4.63. The molecule has 2 aromatic carbocycles. The van der Waals surface area contributed by atoms with Gasteiger partial charge < -0.3 is 14.9 Å². The van der Waals surface area contributed by atoms with Crippen molar-refractivity contribution in [2.75, 3.05) is 0 Å². The Hall–Kier alpha value is -4.14. The lowest BCUT2D eigenvalue weighted by molar-refractivity contribution is -0.137. The summed E-state index contributed by atoms with van der Waals surface area (Å²) < 4.78 is 57.8. The summed E-state index contributed by atoms with van der Waals surface area (Å²) in [6.07, 6.45) is -2.04. The summed E-state index contributed by atoms with van der Waals surface area (Å²) in [7, 11) is 1.88. The van der Waals surface area contributed by atoms with Crippen LogP contribution in [0.3, 0.4) is 0 Å². The standard InChI is InChI=1S/C25H18F4N4O/c1-32-8-7-15-10-16(5-6-20(15)32)21-19-11-17(25(27,28)29)12-31-24(19)33(22(21)23(30)34)13-14-3-2-4-18(26)9-14/h2-12H,13H2,1H3,(H2,30,34). The molecule has 0 atom stereocenters. The smallest absolute Gasteiger partial charge is 0.364 e. The fourth-order valence-corrected chi connectivity index (χ4v) is 4.34. The topological polar surface area (TPSA) is 65.8 Å². The van der Waals surface area contributed by atoms with Crippen LogP contribution in [0.1, 0.15) is 21.6 Å². The zero-order valence-electron chi connectivity index (χ0n) is 17.9. The van der Waals surface area contributed by atoms with Crippen molar-refractivity contribution in [3.05, 3.63) is 89.6 Å². The first-order valence-electron chi connectivity index (χ1n) is 10.3. The third kappa shape index (κ3) is 3.59. The lowest BCUT2D eigenvalue weighted by Crippen LogP contribution is -2.18. The maximum atomic E-state index is 13.8. The Morgan fingerprint density at radius 2 is 1.88 bits per heavy atom. The van der Waals surface area contributed by atoms with E-state index >= 15 is 0 Å². The van der Waals surface area contributed by atoms with Crippen LogP contribution in [0.2, 0.25) is 0 Å². The second-order valence-corrected chi connectivity index (χ2v) is 8.10. The monoisotopic (exact) mass is 466 g/mol. The van der Waals surface area contributed by atoms with Crippen LogP contribution in [0.4, 0.5) is 17.6 Å². The molecule has 5 nitrogen and oxygen atoms in total. The van der Waals surface area contributed by atoms with Crippen molar-refractivity contribution >= 4 is 27.8 Å². The van der Waals surface area contributed by atoms with E-state index in [1.54, 1.807) is 18.2 Å². The van der Waals surface area contributed by atoms with Crippen LogP contribution >= 0.6 is 0 Å². The van der Waals surface area contributed by atoms with Gasteiger partial charge in [0.1, 0.15) is 17.2 Å². The number of hydrogen-bond acceptors (Lipinski definition) is 2. The van der Waals surface area contributed by atoms with Gasteiger partial charge in [0.25, 0.3) is 5.91 Å². The maximum absolute atomic E-state index is 13.8. The molecular weight excluding hydrogens is 448 g/mol. The molecule has 0 saturated carbocycles. The van der Waals surface area contributed by atoms with Gasteiger partial charge in [0.15, 0.2) is 0 Å². The summed E-state index contributed by atoms with van der Waals surface area (Å²) in [5.41, 5.74) is 7.16.